The van der Waals surface area contributed by atoms with E-state index in [0.29, 0.717) is 11.9 Å². The molecule has 104 valence electrons. The minimum atomic E-state index is -1.03. The Kier molecular flexibility index (Phi) is 4.78. The Labute approximate surface area is 111 Å². The van der Waals surface area contributed by atoms with Gasteiger partial charge in [-0.15, -0.1) is 0 Å². The molecular formula is C12H18N4O3. The predicted molar refractivity (Wildman–Crippen MR) is 67.4 cm³/mol. The molecule has 7 heteroatoms. The van der Waals surface area contributed by atoms with Crippen LogP contribution in [0.25, 0.3) is 0 Å². The van der Waals surface area contributed by atoms with Crippen molar-refractivity contribution in [3.8, 4) is 0 Å². The number of aromatic nitrogens is 2. The van der Waals surface area contributed by atoms with Crippen LogP contribution in [0.15, 0.2) is 12.4 Å². The van der Waals surface area contributed by atoms with E-state index < -0.39 is 5.97 Å². The molecule has 0 spiro atoms. The highest BCUT2D eigenvalue weighted by Gasteiger charge is 2.17. The van der Waals surface area contributed by atoms with Gasteiger partial charge in [0, 0.05) is 31.0 Å². The van der Waals surface area contributed by atoms with E-state index in [4.69, 9.17) is 9.94 Å². The SMILES string of the molecule is C[C@@H]1CC[C@@H](NOCc2ncc(C(=O)O)cn2)CN1. The molecule has 1 fully saturated rings. The summed E-state index contributed by atoms with van der Waals surface area (Å²) in [6.07, 6.45) is 4.73. The lowest BCUT2D eigenvalue weighted by atomic mass is 10.0. The zero-order chi connectivity index (χ0) is 13.7. The van der Waals surface area contributed by atoms with Gasteiger partial charge < -0.3 is 10.4 Å². The molecule has 7 nitrogen and oxygen atoms in total. The van der Waals surface area contributed by atoms with Crippen LogP contribution in [0.2, 0.25) is 0 Å². The normalized spacial score (nSPS) is 23.2. The average molecular weight is 266 g/mol. The molecule has 2 heterocycles. The van der Waals surface area contributed by atoms with E-state index >= 15 is 0 Å². The van der Waals surface area contributed by atoms with Crippen LogP contribution in [0.1, 0.15) is 35.9 Å². The fourth-order valence-corrected chi connectivity index (χ4v) is 1.86. The van der Waals surface area contributed by atoms with Gasteiger partial charge in [-0.1, -0.05) is 0 Å². The Morgan fingerprint density at radius 1 is 1.53 bits per heavy atom. The molecule has 0 amide bonds. The molecule has 0 bridgehead atoms. The zero-order valence-corrected chi connectivity index (χ0v) is 10.8. The molecule has 1 aliphatic rings. The third-order valence-electron chi connectivity index (χ3n) is 3.06. The van der Waals surface area contributed by atoms with E-state index in [0.717, 1.165) is 19.4 Å². The van der Waals surface area contributed by atoms with Crippen molar-refractivity contribution in [3.05, 3.63) is 23.8 Å². The molecule has 2 atom stereocenters. The van der Waals surface area contributed by atoms with Crippen molar-refractivity contribution in [2.75, 3.05) is 6.54 Å². The summed E-state index contributed by atoms with van der Waals surface area (Å²) >= 11 is 0. The second kappa shape index (κ2) is 6.55. The third-order valence-corrected chi connectivity index (χ3v) is 3.06. The Balaban J connectivity index is 1.72. The fraction of sp³-hybridized carbons (Fsp3) is 0.583. The fourth-order valence-electron chi connectivity index (χ4n) is 1.86. The van der Waals surface area contributed by atoms with Crippen LogP contribution in [0.4, 0.5) is 0 Å². The minimum Gasteiger partial charge on any atom is -0.478 e. The first-order valence-electron chi connectivity index (χ1n) is 6.30. The summed E-state index contributed by atoms with van der Waals surface area (Å²) < 4.78 is 0. The summed E-state index contributed by atoms with van der Waals surface area (Å²) in [7, 11) is 0. The average Bonchev–Trinajstić information content (AvgIpc) is 2.41. The van der Waals surface area contributed by atoms with Crippen molar-refractivity contribution in [2.24, 2.45) is 0 Å². The molecule has 0 unspecified atom stereocenters. The van der Waals surface area contributed by atoms with Gasteiger partial charge in [0.25, 0.3) is 0 Å². The van der Waals surface area contributed by atoms with Gasteiger partial charge in [-0.25, -0.2) is 14.8 Å². The first kappa shape index (κ1) is 13.9. The van der Waals surface area contributed by atoms with Crippen LogP contribution in [-0.4, -0.2) is 39.7 Å². The highest BCUT2D eigenvalue weighted by atomic mass is 16.6. The first-order valence-corrected chi connectivity index (χ1v) is 6.30. The summed E-state index contributed by atoms with van der Waals surface area (Å²) in [5.41, 5.74) is 3.04. The van der Waals surface area contributed by atoms with Crippen LogP contribution in [0, 0.1) is 0 Å². The standard InChI is InChI=1S/C12H18N4O3/c1-8-2-3-10(6-13-8)16-19-7-11-14-4-9(5-15-11)12(17)18/h4-5,8,10,13,16H,2-3,6-7H2,1H3,(H,17,18)/t8-,10-/m1/s1. The van der Waals surface area contributed by atoms with Crippen molar-refractivity contribution in [1.29, 1.82) is 0 Å². The first-order chi connectivity index (χ1) is 9.15. The van der Waals surface area contributed by atoms with Crippen LogP contribution in [0.3, 0.4) is 0 Å². The molecule has 0 saturated carbocycles. The van der Waals surface area contributed by atoms with E-state index in [-0.39, 0.29) is 18.2 Å². The van der Waals surface area contributed by atoms with Gasteiger partial charge in [0.05, 0.1) is 5.56 Å². The monoisotopic (exact) mass is 266 g/mol. The van der Waals surface area contributed by atoms with Gasteiger partial charge in [-0.3, -0.25) is 4.84 Å². The molecule has 2 rings (SSSR count). The predicted octanol–water partition coefficient (Wildman–Crippen LogP) is 0.336. The third kappa shape index (κ3) is 4.23. The molecule has 19 heavy (non-hydrogen) atoms. The Morgan fingerprint density at radius 2 is 2.26 bits per heavy atom. The molecule has 1 saturated heterocycles. The second-order valence-corrected chi connectivity index (χ2v) is 4.68. The van der Waals surface area contributed by atoms with Crippen LogP contribution in [0.5, 0.6) is 0 Å². The summed E-state index contributed by atoms with van der Waals surface area (Å²) in [5.74, 6) is -0.581. The number of nitrogens with zero attached hydrogens (tertiary/aromatic N) is 2. The van der Waals surface area contributed by atoms with Gasteiger partial charge in [0.1, 0.15) is 6.61 Å². The molecule has 1 aromatic heterocycles. The molecule has 1 aliphatic heterocycles. The number of hydroxylamine groups is 1. The van der Waals surface area contributed by atoms with Gasteiger partial charge in [-0.2, -0.15) is 5.48 Å². The highest BCUT2D eigenvalue weighted by Crippen LogP contribution is 2.07. The number of rotatable bonds is 5. The molecule has 1 aromatic rings. The Morgan fingerprint density at radius 3 is 2.84 bits per heavy atom. The zero-order valence-electron chi connectivity index (χ0n) is 10.8. The van der Waals surface area contributed by atoms with Crippen molar-refractivity contribution in [2.45, 2.75) is 38.5 Å². The molecular weight excluding hydrogens is 248 g/mol. The number of carbonyl (C=O) groups is 1. The van der Waals surface area contributed by atoms with E-state index in [1.165, 1.54) is 12.4 Å². The van der Waals surface area contributed by atoms with E-state index in [1.807, 2.05) is 0 Å². The van der Waals surface area contributed by atoms with E-state index in [2.05, 4.69) is 27.7 Å². The van der Waals surface area contributed by atoms with Crippen molar-refractivity contribution < 1.29 is 14.7 Å². The van der Waals surface area contributed by atoms with Crippen molar-refractivity contribution >= 4 is 5.97 Å². The smallest absolute Gasteiger partial charge is 0.338 e. The number of hydrogen-bond acceptors (Lipinski definition) is 6. The van der Waals surface area contributed by atoms with Gasteiger partial charge in [0.15, 0.2) is 5.82 Å². The minimum absolute atomic E-state index is 0.0715. The molecule has 0 radical (unpaired) electrons. The van der Waals surface area contributed by atoms with Gasteiger partial charge >= 0.3 is 5.97 Å². The molecule has 3 N–H and O–H groups in total. The van der Waals surface area contributed by atoms with E-state index in [1.54, 1.807) is 0 Å². The largest absolute Gasteiger partial charge is 0.478 e. The Bertz CT molecular complexity index is 415. The number of piperidine rings is 1. The van der Waals surface area contributed by atoms with E-state index in [9.17, 15) is 4.79 Å². The Hall–Kier alpha value is -1.57. The van der Waals surface area contributed by atoms with Gasteiger partial charge in [-0.05, 0) is 19.8 Å². The lowest BCUT2D eigenvalue weighted by molar-refractivity contribution is -0.00666. The maximum atomic E-state index is 10.6. The van der Waals surface area contributed by atoms with Crippen LogP contribution >= 0.6 is 0 Å². The number of carboxylic acid groups (broad SMARTS) is 1. The number of carboxylic acids is 1. The summed E-state index contributed by atoms with van der Waals surface area (Å²) in [6.45, 7) is 3.25. The number of nitrogens with one attached hydrogen (secondary N) is 2. The van der Waals surface area contributed by atoms with Crippen LogP contribution in [-0.2, 0) is 11.4 Å². The maximum absolute atomic E-state index is 10.6. The lowest BCUT2D eigenvalue weighted by Gasteiger charge is -2.27. The number of aromatic carboxylic acids is 1. The summed E-state index contributed by atoms with van der Waals surface area (Å²) in [5, 5.41) is 12.1. The topological polar surface area (TPSA) is 96.4 Å². The maximum Gasteiger partial charge on any atom is 0.338 e. The second-order valence-electron chi connectivity index (χ2n) is 4.68. The molecule has 0 aliphatic carbocycles. The van der Waals surface area contributed by atoms with Crippen LogP contribution < -0.4 is 10.8 Å². The summed E-state index contributed by atoms with van der Waals surface area (Å²) in [6, 6.07) is 0.847. The molecule has 0 aromatic carbocycles. The van der Waals surface area contributed by atoms with Crippen molar-refractivity contribution in [3.63, 3.8) is 0 Å². The highest BCUT2D eigenvalue weighted by molar-refractivity contribution is 5.86. The lowest BCUT2D eigenvalue weighted by Crippen LogP contribution is -2.46. The quantitative estimate of drug-likeness (QED) is 0.661. The number of hydrogen-bond donors (Lipinski definition) is 3. The van der Waals surface area contributed by atoms with Gasteiger partial charge in [0.2, 0.25) is 0 Å². The van der Waals surface area contributed by atoms with Crippen molar-refractivity contribution in [1.82, 2.24) is 20.8 Å². The summed E-state index contributed by atoms with van der Waals surface area (Å²) in [4.78, 5) is 23.8.